The summed E-state index contributed by atoms with van der Waals surface area (Å²) in [5.74, 6) is -0.0443. The number of benzene rings is 1. The molecule has 0 aromatic heterocycles. The lowest BCUT2D eigenvalue weighted by Crippen LogP contribution is -2.36. The standard InChI is InChI=1S/C17H18N2O2S2/c1-2-7-19-16(20)15(23-17(19)22)12-13-3-5-14(6-4-13)18-8-10-21-11-9-18/h2-6,12H,1,7-11H2/b15-12-. The van der Waals surface area contributed by atoms with Crippen LogP contribution in [0, 0.1) is 0 Å². The Balaban J connectivity index is 1.73. The Morgan fingerprint density at radius 2 is 1.96 bits per heavy atom. The normalized spacial score (nSPS) is 20.4. The van der Waals surface area contributed by atoms with E-state index in [0.717, 1.165) is 31.9 Å². The predicted molar refractivity (Wildman–Crippen MR) is 99.6 cm³/mol. The molecule has 0 N–H and O–H groups in total. The van der Waals surface area contributed by atoms with E-state index in [1.54, 1.807) is 11.0 Å². The molecule has 2 aliphatic rings. The lowest BCUT2D eigenvalue weighted by atomic mass is 10.1. The first kappa shape index (κ1) is 16.2. The van der Waals surface area contributed by atoms with Crippen LogP contribution in [0.4, 0.5) is 5.69 Å². The molecule has 0 atom stereocenters. The Kier molecular flexibility index (Phi) is 5.15. The van der Waals surface area contributed by atoms with Crippen LogP contribution < -0.4 is 4.90 Å². The van der Waals surface area contributed by atoms with Gasteiger partial charge in [-0.2, -0.15) is 0 Å². The molecule has 0 saturated carbocycles. The molecule has 0 bridgehead atoms. The van der Waals surface area contributed by atoms with E-state index in [1.165, 1.54) is 17.4 Å². The number of ether oxygens (including phenoxy) is 1. The average molecular weight is 346 g/mol. The minimum atomic E-state index is -0.0443. The molecule has 0 aliphatic carbocycles. The number of hydrogen-bond acceptors (Lipinski definition) is 5. The minimum absolute atomic E-state index is 0.0443. The molecule has 0 spiro atoms. The van der Waals surface area contributed by atoms with Gasteiger partial charge in [0.2, 0.25) is 0 Å². The summed E-state index contributed by atoms with van der Waals surface area (Å²) in [6.07, 6.45) is 3.58. The molecule has 3 rings (SSSR count). The number of nitrogens with zero attached hydrogens (tertiary/aromatic N) is 2. The number of thioether (sulfide) groups is 1. The van der Waals surface area contributed by atoms with Crippen molar-refractivity contribution in [1.82, 2.24) is 4.90 Å². The van der Waals surface area contributed by atoms with Crippen LogP contribution in [-0.2, 0) is 9.53 Å². The smallest absolute Gasteiger partial charge is 0.266 e. The van der Waals surface area contributed by atoms with Gasteiger partial charge in [-0.1, -0.05) is 42.2 Å². The zero-order chi connectivity index (χ0) is 16.2. The molecule has 4 nitrogen and oxygen atoms in total. The van der Waals surface area contributed by atoms with E-state index < -0.39 is 0 Å². The molecule has 1 aromatic carbocycles. The van der Waals surface area contributed by atoms with Crippen LogP contribution in [0.5, 0.6) is 0 Å². The molecule has 0 radical (unpaired) electrons. The van der Waals surface area contributed by atoms with E-state index in [9.17, 15) is 4.79 Å². The SMILES string of the molecule is C=CCN1C(=O)/C(=C/c2ccc(N3CCOCC3)cc2)SC1=S. The van der Waals surface area contributed by atoms with Crippen LogP contribution in [0.2, 0.25) is 0 Å². The average Bonchev–Trinajstić information content (AvgIpc) is 2.84. The summed E-state index contributed by atoms with van der Waals surface area (Å²) in [5.41, 5.74) is 2.19. The number of morpholine rings is 1. The Morgan fingerprint density at radius 1 is 1.26 bits per heavy atom. The molecular formula is C17H18N2O2S2. The van der Waals surface area contributed by atoms with Gasteiger partial charge in [-0.3, -0.25) is 9.69 Å². The maximum atomic E-state index is 12.3. The van der Waals surface area contributed by atoms with E-state index in [2.05, 4.69) is 23.6 Å². The summed E-state index contributed by atoms with van der Waals surface area (Å²) in [4.78, 5) is 16.8. The Labute approximate surface area is 145 Å². The topological polar surface area (TPSA) is 32.8 Å². The third kappa shape index (κ3) is 3.65. The number of anilines is 1. The van der Waals surface area contributed by atoms with Crippen LogP contribution in [0.25, 0.3) is 6.08 Å². The number of carbonyl (C=O) groups is 1. The van der Waals surface area contributed by atoms with Gasteiger partial charge in [-0.05, 0) is 23.8 Å². The van der Waals surface area contributed by atoms with Crippen molar-refractivity contribution < 1.29 is 9.53 Å². The van der Waals surface area contributed by atoms with Crippen LogP contribution in [0.3, 0.4) is 0 Å². The molecule has 120 valence electrons. The Bertz CT molecular complexity index is 649. The third-order valence-corrected chi connectivity index (χ3v) is 5.13. The second kappa shape index (κ2) is 7.29. The maximum absolute atomic E-state index is 12.3. The number of hydrogen-bond donors (Lipinski definition) is 0. The van der Waals surface area contributed by atoms with Gasteiger partial charge >= 0.3 is 0 Å². The van der Waals surface area contributed by atoms with E-state index in [4.69, 9.17) is 17.0 Å². The van der Waals surface area contributed by atoms with Gasteiger partial charge in [0.05, 0.1) is 18.1 Å². The fourth-order valence-corrected chi connectivity index (χ4v) is 3.82. The Hall–Kier alpha value is -1.63. The monoisotopic (exact) mass is 346 g/mol. The van der Waals surface area contributed by atoms with Crippen molar-refractivity contribution in [3.63, 3.8) is 0 Å². The largest absolute Gasteiger partial charge is 0.378 e. The maximum Gasteiger partial charge on any atom is 0.266 e. The zero-order valence-corrected chi connectivity index (χ0v) is 14.4. The molecule has 1 aromatic rings. The molecule has 6 heteroatoms. The summed E-state index contributed by atoms with van der Waals surface area (Å²) in [6, 6.07) is 8.24. The summed E-state index contributed by atoms with van der Waals surface area (Å²) in [6.45, 7) is 7.49. The molecule has 2 fully saturated rings. The molecule has 2 aliphatic heterocycles. The Morgan fingerprint density at radius 3 is 2.61 bits per heavy atom. The molecule has 0 unspecified atom stereocenters. The second-order valence-corrected chi connectivity index (χ2v) is 6.95. The number of thiocarbonyl (C=S) groups is 1. The van der Waals surface area contributed by atoms with Crippen molar-refractivity contribution in [2.45, 2.75) is 0 Å². The summed E-state index contributed by atoms with van der Waals surface area (Å²) in [5, 5.41) is 0. The molecule has 23 heavy (non-hydrogen) atoms. The fraction of sp³-hybridized carbons (Fsp3) is 0.294. The van der Waals surface area contributed by atoms with E-state index in [0.29, 0.717) is 15.8 Å². The highest BCUT2D eigenvalue weighted by atomic mass is 32.2. The zero-order valence-electron chi connectivity index (χ0n) is 12.7. The van der Waals surface area contributed by atoms with Crippen molar-refractivity contribution in [1.29, 1.82) is 0 Å². The van der Waals surface area contributed by atoms with Gasteiger partial charge in [-0.15, -0.1) is 6.58 Å². The third-order valence-electron chi connectivity index (χ3n) is 3.75. The highest BCUT2D eigenvalue weighted by Crippen LogP contribution is 2.32. The van der Waals surface area contributed by atoms with Crippen LogP contribution in [0.1, 0.15) is 5.56 Å². The first-order chi connectivity index (χ1) is 11.2. The summed E-state index contributed by atoms with van der Waals surface area (Å²) < 4.78 is 5.96. The first-order valence-electron chi connectivity index (χ1n) is 7.48. The van der Waals surface area contributed by atoms with Crippen molar-refractivity contribution >= 4 is 46.0 Å². The van der Waals surface area contributed by atoms with E-state index >= 15 is 0 Å². The van der Waals surface area contributed by atoms with Gasteiger partial charge in [0.15, 0.2) is 0 Å². The van der Waals surface area contributed by atoms with Gasteiger partial charge < -0.3 is 9.64 Å². The second-order valence-electron chi connectivity index (χ2n) is 5.27. The van der Waals surface area contributed by atoms with Gasteiger partial charge in [0, 0.05) is 25.3 Å². The first-order valence-corrected chi connectivity index (χ1v) is 8.70. The predicted octanol–water partition coefficient (Wildman–Crippen LogP) is 2.91. The number of amides is 1. The van der Waals surface area contributed by atoms with Crippen LogP contribution in [-0.4, -0.2) is 48.0 Å². The molecule has 2 heterocycles. The number of carbonyl (C=O) groups excluding carboxylic acids is 1. The van der Waals surface area contributed by atoms with Gasteiger partial charge in [-0.25, -0.2) is 0 Å². The van der Waals surface area contributed by atoms with Crippen LogP contribution in [0.15, 0.2) is 41.8 Å². The minimum Gasteiger partial charge on any atom is -0.378 e. The lowest BCUT2D eigenvalue weighted by Gasteiger charge is -2.28. The van der Waals surface area contributed by atoms with Crippen molar-refractivity contribution in [2.75, 3.05) is 37.7 Å². The quantitative estimate of drug-likeness (QED) is 0.476. The van der Waals surface area contributed by atoms with Crippen molar-refractivity contribution in [3.8, 4) is 0 Å². The number of rotatable bonds is 4. The fourth-order valence-electron chi connectivity index (χ4n) is 2.54. The molecule has 2 saturated heterocycles. The van der Waals surface area contributed by atoms with E-state index in [1.807, 2.05) is 18.2 Å². The summed E-state index contributed by atoms with van der Waals surface area (Å²) >= 11 is 6.59. The van der Waals surface area contributed by atoms with E-state index in [-0.39, 0.29) is 5.91 Å². The van der Waals surface area contributed by atoms with Crippen LogP contribution >= 0.6 is 24.0 Å². The molecular weight excluding hydrogens is 328 g/mol. The lowest BCUT2D eigenvalue weighted by molar-refractivity contribution is -0.121. The molecule has 1 amide bonds. The highest BCUT2D eigenvalue weighted by Gasteiger charge is 2.30. The van der Waals surface area contributed by atoms with Gasteiger partial charge in [0.25, 0.3) is 5.91 Å². The van der Waals surface area contributed by atoms with Crippen molar-refractivity contribution in [2.24, 2.45) is 0 Å². The van der Waals surface area contributed by atoms with Gasteiger partial charge in [0.1, 0.15) is 4.32 Å². The summed E-state index contributed by atoms with van der Waals surface area (Å²) in [7, 11) is 0. The van der Waals surface area contributed by atoms with Crippen molar-refractivity contribution in [3.05, 3.63) is 47.4 Å². The highest BCUT2D eigenvalue weighted by molar-refractivity contribution is 8.26.